The first kappa shape index (κ1) is 39.7. The van der Waals surface area contributed by atoms with Crippen molar-refractivity contribution in [3.8, 4) is 0 Å². The third kappa shape index (κ3) is 19.7. The molecule has 0 fully saturated rings. The molecule has 8 nitrogen and oxygen atoms in total. The molecule has 0 rings (SSSR count). The molecule has 0 atom stereocenters. The Kier molecular flexibility index (Phi) is 28.5. The molecular formula is C28H52N2O6S4. The van der Waals surface area contributed by atoms with Gasteiger partial charge in [-0.25, -0.2) is 0 Å². The van der Waals surface area contributed by atoms with E-state index in [0.29, 0.717) is 37.4 Å². The smallest absolute Gasteiger partial charge is 0.213 e. The van der Waals surface area contributed by atoms with Gasteiger partial charge >= 0.3 is 0 Å². The number of hydrogen-bond donors (Lipinski definition) is 4. The number of carbonyl (C=O) groups is 2. The minimum Gasteiger partial charge on any atom is -0.396 e. The zero-order chi connectivity index (χ0) is 29.8. The highest BCUT2D eigenvalue weighted by Gasteiger charge is 2.12. The average Bonchev–Trinajstić information content (AvgIpc) is 2.96. The van der Waals surface area contributed by atoms with E-state index in [9.17, 15) is 19.8 Å². The number of rotatable bonds is 29. The van der Waals surface area contributed by atoms with Crippen LogP contribution in [0.4, 0.5) is 0 Å². The van der Waals surface area contributed by atoms with Crippen LogP contribution in [0.5, 0.6) is 0 Å². The number of hydrogen-bond acceptors (Lipinski definition) is 10. The van der Waals surface area contributed by atoms with Crippen molar-refractivity contribution in [2.45, 2.75) is 90.9 Å². The molecule has 12 heteroatoms. The topological polar surface area (TPSA) is 122 Å². The lowest BCUT2D eigenvalue weighted by atomic mass is 10.1. The van der Waals surface area contributed by atoms with E-state index in [2.05, 4.69) is 0 Å². The van der Waals surface area contributed by atoms with Gasteiger partial charge in [-0.05, 0) is 26.7 Å². The summed E-state index contributed by atoms with van der Waals surface area (Å²) >= 11 is 0. The van der Waals surface area contributed by atoms with Crippen LogP contribution in [0.3, 0.4) is 0 Å². The van der Waals surface area contributed by atoms with E-state index in [0.717, 1.165) is 72.5 Å². The molecule has 0 aliphatic heterocycles. The summed E-state index contributed by atoms with van der Waals surface area (Å²) < 4.78 is 0. The number of carbonyl (C=O) groups excluding carboxylic acids is 2. The lowest BCUT2D eigenvalue weighted by molar-refractivity contribution is -0.117. The molecule has 2 amide bonds. The molecule has 4 N–H and O–H groups in total. The average molecular weight is 641 g/mol. The van der Waals surface area contributed by atoms with Gasteiger partial charge in [0.1, 0.15) is 0 Å². The first-order chi connectivity index (χ1) is 19.5. The summed E-state index contributed by atoms with van der Waals surface area (Å²) in [7, 11) is 6.13. The molecule has 0 saturated carbocycles. The van der Waals surface area contributed by atoms with Crippen molar-refractivity contribution >= 4 is 56.0 Å². The standard InChI is InChI=1S/C28H52N2O6S4/c1-25(27(13-17-31)39-37-21-19-33)29(23-35)15-11-9-7-5-3-4-6-8-10-12-16-30(24-36)26(2)28(14-18-32)40-38-22-20-34/h23-24,31-34H,3-22H2,1-2H3. The molecule has 0 radical (unpaired) electrons. The monoisotopic (exact) mass is 640 g/mol. The second-order valence-corrected chi connectivity index (χ2v) is 14.4. The lowest BCUT2D eigenvalue weighted by Crippen LogP contribution is -2.22. The molecule has 40 heavy (non-hydrogen) atoms. The van der Waals surface area contributed by atoms with Gasteiger partial charge in [-0.3, -0.25) is 9.59 Å². The maximum Gasteiger partial charge on any atom is 0.213 e. The molecule has 0 saturated heterocycles. The van der Waals surface area contributed by atoms with Crippen LogP contribution < -0.4 is 0 Å². The van der Waals surface area contributed by atoms with Gasteiger partial charge in [0.2, 0.25) is 12.8 Å². The highest BCUT2D eigenvalue weighted by Crippen LogP contribution is 2.35. The van der Waals surface area contributed by atoms with E-state index < -0.39 is 0 Å². The fraction of sp³-hybridized carbons (Fsp3) is 0.786. The van der Waals surface area contributed by atoms with Gasteiger partial charge in [0.25, 0.3) is 0 Å². The summed E-state index contributed by atoms with van der Waals surface area (Å²) in [5.41, 5.74) is 1.78. The van der Waals surface area contributed by atoms with Gasteiger partial charge in [0.05, 0.1) is 13.2 Å². The van der Waals surface area contributed by atoms with E-state index in [1.54, 1.807) is 9.80 Å². The Morgan fingerprint density at radius 1 is 0.550 bits per heavy atom. The van der Waals surface area contributed by atoms with Gasteiger partial charge < -0.3 is 30.2 Å². The van der Waals surface area contributed by atoms with Crippen LogP contribution in [-0.2, 0) is 9.59 Å². The number of allylic oxidation sites excluding steroid dienone is 2. The highest BCUT2D eigenvalue weighted by atomic mass is 33.1. The van der Waals surface area contributed by atoms with E-state index in [1.165, 1.54) is 68.9 Å². The first-order valence-corrected chi connectivity index (χ1v) is 19.0. The van der Waals surface area contributed by atoms with Crippen LogP contribution in [-0.4, -0.2) is 94.1 Å². The van der Waals surface area contributed by atoms with Gasteiger partial charge in [-0.15, -0.1) is 0 Å². The lowest BCUT2D eigenvalue weighted by Gasteiger charge is -2.21. The molecule has 0 aliphatic rings. The Bertz CT molecular complexity index is 654. The molecule has 0 heterocycles. The van der Waals surface area contributed by atoms with Gasteiger partial charge in [-0.2, -0.15) is 0 Å². The van der Waals surface area contributed by atoms with Gasteiger partial charge in [0.15, 0.2) is 0 Å². The van der Waals surface area contributed by atoms with E-state index >= 15 is 0 Å². The second-order valence-electron chi connectivity index (χ2n) is 9.36. The van der Waals surface area contributed by atoms with Crippen LogP contribution in [0.15, 0.2) is 21.2 Å². The van der Waals surface area contributed by atoms with Crippen LogP contribution in [0.2, 0.25) is 0 Å². The Balaban J connectivity index is 4.13. The summed E-state index contributed by atoms with van der Waals surface area (Å²) in [5, 5.41) is 36.7. The SMILES string of the molecule is CC(=C(CCO)SSCCO)N(C=O)CCCCCCCCCCCCN(C=O)C(C)=C(CCO)SSCCO. The Morgan fingerprint density at radius 2 is 0.875 bits per heavy atom. The van der Waals surface area contributed by atoms with Crippen molar-refractivity contribution in [3.05, 3.63) is 21.2 Å². The van der Waals surface area contributed by atoms with E-state index in [-0.39, 0.29) is 26.4 Å². The van der Waals surface area contributed by atoms with Crippen molar-refractivity contribution in [3.63, 3.8) is 0 Å². The van der Waals surface area contributed by atoms with E-state index in [4.69, 9.17) is 10.2 Å². The molecule has 234 valence electrons. The third-order valence-electron chi connectivity index (χ3n) is 6.32. The van der Waals surface area contributed by atoms with Crippen LogP contribution in [0, 0.1) is 0 Å². The van der Waals surface area contributed by atoms with Crippen molar-refractivity contribution in [1.82, 2.24) is 9.80 Å². The van der Waals surface area contributed by atoms with Gasteiger partial charge in [0, 0.05) is 71.9 Å². The van der Waals surface area contributed by atoms with Crippen LogP contribution >= 0.6 is 43.2 Å². The minimum atomic E-state index is 0.0395. The zero-order valence-corrected chi connectivity index (χ0v) is 27.7. The van der Waals surface area contributed by atoms with E-state index in [1.807, 2.05) is 13.8 Å². The number of nitrogens with zero attached hydrogens (tertiary/aromatic N) is 2. The maximum absolute atomic E-state index is 11.6. The van der Waals surface area contributed by atoms with Crippen molar-refractivity contribution in [2.24, 2.45) is 0 Å². The Labute approximate surface area is 258 Å². The molecular weight excluding hydrogens is 589 g/mol. The predicted octanol–water partition coefficient (Wildman–Crippen LogP) is 5.78. The normalized spacial score (nSPS) is 12.7. The summed E-state index contributed by atoms with van der Waals surface area (Å²) in [4.78, 5) is 28.7. The Hall–Kier alpha value is -0.340. The summed E-state index contributed by atoms with van der Waals surface area (Å²) in [5.74, 6) is 1.23. The zero-order valence-electron chi connectivity index (χ0n) is 24.4. The third-order valence-corrected chi connectivity index (χ3v) is 11.6. The van der Waals surface area contributed by atoms with Crippen molar-refractivity contribution in [2.75, 3.05) is 51.0 Å². The highest BCUT2D eigenvalue weighted by molar-refractivity contribution is 8.78. The molecule has 0 aromatic heterocycles. The maximum atomic E-state index is 11.6. The molecule has 0 spiro atoms. The molecule has 0 aromatic carbocycles. The molecule has 0 aromatic rings. The fourth-order valence-corrected chi connectivity index (χ4v) is 8.42. The molecule has 0 aliphatic carbocycles. The number of amides is 2. The van der Waals surface area contributed by atoms with Gasteiger partial charge in [-0.1, -0.05) is 94.5 Å². The first-order valence-electron chi connectivity index (χ1n) is 14.4. The molecule has 0 unspecified atom stereocenters. The summed E-state index contributed by atoms with van der Waals surface area (Å²) in [6.45, 7) is 5.52. The molecule has 0 bridgehead atoms. The largest absolute Gasteiger partial charge is 0.396 e. The quantitative estimate of drug-likeness (QED) is 0.0455. The van der Waals surface area contributed by atoms with Crippen LogP contribution in [0.1, 0.15) is 90.9 Å². The number of aliphatic hydroxyl groups excluding tert-OH is 4. The summed E-state index contributed by atoms with van der Waals surface area (Å²) in [6, 6.07) is 0. The Morgan fingerprint density at radius 3 is 1.15 bits per heavy atom. The number of unbranched alkanes of at least 4 members (excludes halogenated alkanes) is 9. The fourth-order valence-electron chi connectivity index (χ4n) is 3.97. The summed E-state index contributed by atoms with van der Waals surface area (Å²) in [6.07, 6.45) is 14.0. The van der Waals surface area contributed by atoms with Crippen molar-refractivity contribution < 1.29 is 30.0 Å². The van der Waals surface area contributed by atoms with Crippen molar-refractivity contribution in [1.29, 1.82) is 0 Å². The second kappa shape index (κ2) is 28.8. The van der Waals surface area contributed by atoms with Crippen LogP contribution in [0.25, 0.3) is 0 Å². The predicted molar refractivity (Wildman–Crippen MR) is 175 cm³/mol. The number of aliphatic hydroxyl groups is 4. The minimum absolute atomic E-state index is 0.0395.